The summed E-state index contributed by atoms with van der Waals surface area (Å²) >= 11 is 0. The van der Waals surface area contributed by atoms with Gasteiger partial charge in [-0.25, -0.2) is 4.98 Å². The van der Waals surface area contributed by atoms with E-state index in [0.717, 1.165) is 33.4 Å². The van der Waals surface area contributed by atoms with Gasteiger partial charge in [-0.05, 0) is 36.8 Å². The first-order chi connectivity index (χ1) is 13.2. The molecule has 3 heteroatoms. The van der Waals surface area contributed by atoms with Gasteiger partial charge in [0.05, 0.1) is 23.3 Å². The Morgan fingerprint density at radius 2 is 1.67 bits per heavy atom. The monoisotopic (exact) mass is 352 g/mol. The van der Waals surface area contributed by atoms with E-state index < -0.39 is 0 Å². The van der Waals surface area contributed by atoms with Crippen molar-refractivity contribution in [1.82, 2.24) is 4.98 Å². The first-order valence-electron chi connectivity index (χ1n) is 9.00. The van der Waals surface area contributed by atoms with E-state index in [1.807, 2.05) is 66.7 Å². The summed E-state index contributed by atoms with van der Waals surface area (Å²) in [5.41, 5.74) is 5.70. The van der Waals surface area contributed by atoms with E-state index >= 15 is 0 Å². The number of benzene rings is 3. The molecule has 0 saturated carbocycles. The van der Waals surface area contributed by atoms with Crippen molar-refractivity contribution in [2.75, 3.05) is 5.32 Å². The molecular weight excluding hydrogens is 332 g/mol. The second-order valence-corrected chi connectivity index (χ2v) is 6.65. The molecule has 0 bridgehead atoms. The van der Waals surface area contributed by atoms with Gasteiger partial charge < -0.3 is 5.32 Å². The van der Waals surface area contributed by atoms with Crippen LogP contribution in [0.15, 0.2) is 84.9 Å². The molecule has 132 valence electrons. The molecule has 3 aromatic carbocycles. The van der Waals surface area contributed by atoms with Crippen molar-refractivity contribution in [3.63, 3.8) is 0 Å². The van der Waals surface area contributed by atoms with Crippen molar-refractivity contribution in [2.45, 2.75) is 13.3 Å². The highest BCUT2D eigenvalue weighted by atomic mass is 16.1. The Bertz CT molecular complexity index is 1100. The summed E-state index contributed by atoms with van der Waals surface area (Å²) in [5.74, 6) is -0.0370. The van der Waals surface area contributed by atoms with E-state index in [9.17, 15) is 4.79 Å². The summed E-state index contributed by atoms with van der Waals surface area (Å²) in [6.45, 7) is 2.07. The molecule has 0 aliphatic heterocycles. The maximum absolute atomic E-state index is 12.5. The number of amides is 1. The third-order valence-corrected chi connectivity index (χ3v) is 4.53. The fraction of sp³-hybridized carbons (Fsp3) is 0.0833. The molecule has 0 saturated heterocycles. The van der Waals surface area contributed by atoms with Crippen LogP contribution in [-0.2, 0) is 11.2 Å². The molecule has 3 nitrogen and oxygen atoms in total. The lowest BCUT2D eigenvalue weighted by molar-refractivity contribution is -0.115. The van der Waals surface area contributed by atoms with Crippen LogP contribution in [0.2, 0.25) is 0 Å². The normalized spacial score (nSPS) is 10.7. The zero-order chi connectivity index (χ0) is 18.6. The van der Waals surface area contributed by atoms with Crippen molar-refractivity contribution in [2.24, 2.45) is 0 Å². The van der Waals surface area contributed by atoms with E-state index in [1.54, 1.807) is 0 Å². The molecule has 4 rings (SSSR count). The minimum absolute atomic E-state index is 0.0370. The molecule has 0 radical (unpaired) electrons. The van der Waals surface area contributed by atoms with Crippen LogP contribution in [0.1, 0.15) is 11.1 Å². The molecule has 0 fully saturated rings. The quantitative estimate of drug-likeness (QED) is 0.535. The number of carbonyl (C=O) groups excluding carboxylic acids is 1. The number of pyridine rings is 1. The van der Waals surface area contributed by atoms with Crippen LogP contribution < -0.4 is 5.32 Å². The molecule has 1 amide bonds. The summed E-state index contributed by atoms with van der Waals surface area (Å²) in [5, 5.41) is 4.15. The number of hydrogen-bond donors (Lipinski definition) is 1. The van der Waals surface area contributed by atoms with Crippen molar-refractivity contribution < 1.29 is 4.79 Å². The predicted octanol–water partition coefficient (Wildman–Crippen LogP) is 5.39. The van der Waals surface area contributed by atoms with Crippen LogP contribution in [-0.4, -0.2) is 10.9 Å². The molecule has 0 unspecified atom stereocenters. The van der Waals surface area contributed by atoms with E-state index in [2.05, 4.69) is 30.4 Å². The molecule has 27 heavy (non-hydrogen) atoms. The van der Waals surface area contributed by atoms with Gasteiger partial charge in [0.1, 0.15) is 0 Å². The molecule has 1 aromatic heterocycles. The Hall–Kier alpha value is -3.46. The number of para-hydroxylation sites is 1. The first-order valence-corrected chi connectivity index (χ1v) is 9.00. The van der Waals surface area contributed by atoms with Crippen molar-refractivity contribution in [3.8, 4) is 11.3 Å². The lowest BCUT2D eigenvalue weighted by Gasteiger charge is -2.11. The molecule has 4 aromatic rings. The molecular formula is C24H20N2O. The third kappa shape index (κ3) is 3.87. The van der Waals surface area contributed by atoms with Crippen LogP contribution in [0.4, 0.5) is 5.69 Å². The molecule has 0 aliphatic carbocycles. The number of hydrogen-bond acceptors (Lipinski definition) is 2. The average molecular weight is 352 g/mol. The fourth-order valence-electron chi connectivity index (χ4n) is 3.19. The number of aromatic nitrogens is 1. The van der Waals surface area contributed by atoms with Crippen LogP contribution in [0.3, 0.4) is 0 Å². The number of anilines is 1. The Morgan fingerprint density at radius 3 is 2.52 bits per heavy atom. The number of carbonyl (C=O) groups is 1. The second-order valence-electron chi connectivity index (χ2n) is 6.65. The Labute approximate surface area is 158 Å². The summed E-state index contributed by atoms with van der Waals surface area (Å²) in [7, 11) is 0. The number of aryl methyl sites for hydroxylation is 1. The number of rotatable bonds is 4. The van der Waals surface area contributed by atoms with E-state index in [0.29, 0.717) is 6.42 Å². The first kappa shape index (κ1) is 17.0. The zero-order valence-electron chi connectivity index (χ0n) is 15.1. The number of nitrogens with zero attached hydrogens (tertiary/aromatic N) is 1. The van der Waals surface area contributed by atoms with Crippen molar-refractivity contribution in [1.29, 1.82) is 0 Å². The van der Waals surface area contributed by atoms with Gasteiger partial charge >= 0.3 is 0 Å². The highest BCUT2D eigenvalue weighted by molar-refractivity contribution is 5.96. The van der Waals surface area contributed by atoms with Gasteiger partial charge in [-0.2, -0.15) is 0 Å². The standard InChI is InChI=1S/C24H20N2O/c1-17-11-13-21-19(15-17)12-14-23(25-21)20-9-5-6-10-22(20)26-24(27)16-18-7-3-2-4-8-18/h2-15H,16H2,1H3,(H,26,27). The smallest absolute Gasteiger partial charge is 0.228 e. The lowest BCUT2D eigenvalue weighted by Crippen LogP contribution is -2.15. The largest absolute Gasteiger partial charge is 0.325 e. The van der Waals surface area contributed by atoms with Crippen LogP contribution in [0.5, 0.6) is 0 Å². The molecule has 1 N–H and O–H groups in total. The number of nitrogens with one attached hydrogen (secondary N) is 1. The van der Waals surface area contributed by atoms with Crippen molar-refractivity contribution >= 4 is 22.5 Å². The maximum atomic E-state index is 12.5. The van der Waals surface area contributed by atoms with Gasteiger partial charge in [0, 0.05) is 10.9 Å². The van der Waals surface area contributed by atoms with Crippen molar-refractivity contribution in [3.05, 3.63) is 96.1 Å². The second kappa shape index (κ2) is 7.42. The lowest BCUT2D eigenvalue weighted by atomic mass is 10.1. The zero-order valence-corrected chi connectivity index (χ0v) is 15.1. The highest BCUT2D eigenvalue weighted by Crippen LogP contribution is 2.28. The average Bonchev–Trinajstić information content (AvgIpc) is 2.69. The summed E-state index contributed by atoms with van der Waals surface area (Å²) in [6.07, 6.45) is 0.347. The molecule has 0 aliphatic rings. The van der Waals surface area contributed by atoms with Gasteiger partial charge in [0.2, 0.25) is 5.91 Å². The molecule has 1 heterocycles. The maximum Gasteiger partial charge on any atom is 0.228 e. The van der Waals surface area contributed by atoms with Gasteiger partial charge in [0.15, 0.2) is 0 Å². The summed E-state index contributed by atoms with van der Waals surface area (Å²) in [4.78, 5) is 17.3. The van der Waals surface area contributed by atoms with Gasteiger partial charge in [-0.3, -0.25) is 4.79 Å². The minimum Gasteiger partial charge on any atom is -0.325 e. The van der Waals surface area contributed by atoms with Gasteiger partial charge in [-0.1, -0.05) is 66.2 Å². The van der Waals surface area contributed by atoms with Crippen LogP contribution in [0, 0.1) is 6.92 Å². The van der Waals surface area contributed by atoms with E-state index in [-0.39, 0.29) is 5.91 Å². The molecule has 0 atom stereocenters. The Balaban J connectivity index is 1.63. The van der Waals surface area contributed by atoms with Crippen LogP contribution in [0.25, 0.3) is 22.2 Å². The summed E-state index contributed by atoms with van der Waals surface area (Å²) in [6, 6.07) is 27.8. The van der Waals surface area contributed by atoms with Gasteiger partial charge in [0.25, 0.3) is 0 Å². The number of fused-ring (bicyclic) bond motifs is 1. The Morgan fingerprint density at radius 1 is 0.889 bits per heavy atom. The summed E-state index contributed by atoms with van der Waals surface area (Å²) < 4.78 is 0. The Kier molecular flexibility index (Phi) is 4.67. The fourth-order valence-corrected chi connectivity index (χ4v) is 3.19. The third-order valence-electron chi connectivity index (χ3n) is 4.53. The SMILES string of the molecule is Cc1ccc2nc(-c3ccccc3NC(=O)Cc3ccccc3)ccc2c1. The van der Waals surface area contributed by atoms with Gasteiger partial charge in [-0.15, -0.1) is 0 Å². The topological polar surface area (TPSA) is 42.0 Å². The predicted molar refractivity (Wildman–Crippen MR) is 111 cm³/mol. The highest BCUT2D eigenvalue weighted by Gasteiger charge is 2.10. The minimum atomic E-state index is -0.0370. The van der Waals surface area contributed by atoms with Crippen LogP contribution >= 0.6 is 0 Å². The van der Waals surface area contributed by atoms with E-state index in [4.69, 9.17) is 4.98 Å². The van der Waals surface area contributed by atoms with E-state index in [1.165, 1.54) is 5.56 Å². The molecule has 0 spiro atoms.